The standard InChI is InChI=1S/C12H18N8/c13-19-11-16-10(15-5-4-9-2-1-3-9)17-12(18-11)20-7-6-14-8-20/h6-9H,1-5,13H2,(H2,15,16,17,18,19). The van der Waals surface area contributed by atoms with Crippen LogP contribution in [0.4, 0.5) is 11.9 Å². The molecule has 0 saturated heterocycles. The van der Waals surface area contributed by atoms with Gasteiger partial charge in [0.2, 0.25) is 17.8 Å². The van der Waals surface area contributed by atoms with Crippen LogP contribution in [0, 0.1) is 5.92 Å². The fraction of sp³-hybridized carbons (Fsp3) is 0.500. The Hall–Kier alpha value is -2.22. The Morgan fingerprint density at radius 2 is 2.10 bits per heavy atom. The van der Waals surface area contributed by atoms with Gasteiger partial charge in [-0.15, -0.1) is 0 Å². The van der Waals surface area contributed by atoms with Crippen molar-refractivity contribution >= 4 is 11.9 Å². The predicted octanol–water partition coefficient (Wildman–Crippen LogP) is 0.945. The minimum Gasteiger partial charge on any atom is -0.354 e. The monoisotopic (exact) mass is 274 g/mol. The Balaban J connectivity index is 1.70. The first-order valence-corrected chi connectivity index (χ1v) is 6.80. The number of aromatic nitrogens is 5. The normalized spacial score (nSPS) is 14.8. The van der Waals surface area contributed by atoms with Gasteiger partial charge in [-0.25, -0.2) is 10.8 Å². The van der Waals surface area contributed by atoms with Crippen molar-refractivity contribution in [3.63, 3.8) is 0 Å². The number of hydrazine groups is 1. The molecule has 0 atom stereocenters. The van der Waals surface area contributed by atoms with Gasteiger partial charge in [0.15, 0.2) is 0 Å². The van der Waals surface area contributed by atoms with Crippen LogP contribution in [0.1, 0.15) is 25.7 Å². The van der Waals surface area contributed by atoms with Gasteiger partial charge in [-0.1, -0.05) is 19.3 Å². The van der Waals surface area contributed by atoms with Gasteiger partial charge in [0, 0.05) is 18.9 Å². The Kier molecular flexibility index (Phi) is 3.73. The molecule has 8 nitrogen and oxygen atoms in total. The molecule has 1 fully saturated rings. The molecule has 1 saturated carbocycles. The van der Waals surface area contributed by atoms with Crippen molar-refractivity contribution in [1.82, 2.24) is 24.5 Å². The highest BCUT2D eigenvalue weighted by Crippen LogP contribution is 2.29. The van der Waals surface area contributed by atoms with Crippen molar-refractivity contribution in [2.75, 3.05) is 17.3 Å². The minimum absolute atomic E-state index is 0.329. The van der Waals surface area contributed by atoms with Gasteiger partial charge in [0.25, 0.3) is 0 Å². The van der Waals surface area contributed by atoms with Crippen molar-refractivity contribution in [2.45, 2.75) is 25.7 Å². The van der Waals surface area contributed by atoms with Gasteiger partial charge in [-0.05, 0) is 12.3 Å². The molecule has 0 aromatic carbocycles. The highest BCUT2D eigenvalue weighted by Gasteiger charge is 2.16. The summed E-state index contributed by atoms with van der Waals surface area (Å²) >= 11 is 0. The zero-order valence-electron chi connectivity index (χ0n) is 11.2. The van der Waals surface area contributed by atoms with Crippen LogP contribution in [0.25, 0.3) is 5.95 Å². The number of nitrogens with zero attached hydrogens (tertiary/aromatic N) is 5. The first kappa shape index (κ1) is 12.8. The summed E-state index contributed by atoms with van der Waals surface area (Å²) in [6.07, 6.45) is 10.3. The van der Waals surface area contributed by atoms with E-state index < -0.39 is 0 Å². The topological polar surface area (TPSA) is 107 Å². The molecule has 1 aliphatic rings. The molecule has 106 valence electrons. The second kappa shape index (κ2) is 5.83. The molecule has 8 heteroatoms. The average molecular weight is 274 g/mol. The Morgan fingerprint density at radius 3 is 2.75 bits per heavy atom. The van der Waals surface area contributed by atoms with E-state index in [0.29, 0.717) is 17.8 Å². The van der Waals surface area contributed by atoms with Crippen molar-refractivity contribution in [3.8, 4) is 5.95 Å². The van der Waals surface area contributed by atoms with Crippen LogP contribution in [0.5, 0.6) is 0 Å². The Bertz CT molecular complexity index is 549. The number of hydrogen-bond acceptors (Lipinski definition) is 7. The molecule has 0 unspecified atom stereocenters. The van der Waals surface area contributed by atoms with Crippen molar-refractivity contribution in [2.24, 2.45) is 11.8 Å². The van der Waals surface area contributed by atoms with Crippen LogP contribution in [0.3, 0.4) is 0 Å². The maximum absolute atomic E-state index is 5.39. The third-order valence-electron chi connectivity index (χ3n) is 3.55. The van der Waals surface area contributed by atoms with Gasteiger partial charge in [-0.2, -0.15) is 15.0 Å². The fourth-order valence-corrected chi connectivity index (χ4v) is 2.17. The Morgan fingerprint density at radius 1 is 1.25 bits per heavy atom. The SMILES string of the molecule is NNc1nc(NCCC2CCC2)nc(-n2ccnc2)n1. The lowest BCUT2D eigenvalue weighted by Crippen LogP contribution is -2.18. The molecule has 1 aliphatic carbocycles. The smallest absolute Gasteiger partial charge is 0.243 e. The minimum atomic E-state index is 0.329. The van der Waals surface area contributed by atoms with Gasteiger partial charge in [0.1, 0.15) is 6.33 Å². The number of rotatable bonds is 6. The van der Waals surface area contributed by atoms with E-state index in [9.17, 15) is 0 Å². The molecule has 2 heterocycles. The quantitative estimate of drug-likeness (QED) is 0.531. The third kappa shape index (κ3) is 2.85. The largest absolute Gasteiger partial charge is 0.354 e. The summed E-state index contributed by atoms with van der Waals surface area (Å²) in [4.78, 5) is 16.7. The van der Waals surface area contributed by atoms with E-state index in [-0.39, 0.29) is 0 Å². The summed E-state index contributed by atoms with van der Waals surface area (Å²) in [5.41, 5.74) is 2.46. The van der Waals surface area contributed by atoms with E-state index in [1.165, 1.54) is 19.3 Å². The second-order valence-corrected chi connectivity index (χ2v) is 4.91. The van der Waals surface area contributed by atoms with Crippen molar-refractivity contribution in [3.05, 3.63) is 18.7 Å². The van der Waals surface area contributed by atoms with Crippen molar-refractivity contribution < 1.29 is 0 Å². The van der Waals surface area contributed by atoms with Gasteiger partial charge < -0.3 is 5.32 Å². The molecule has 0 bridgehead atoms. The molecular weight excluding hydrogens is 256 g/mol. The molecule has 0 amide bonds. The van der Waals surface area contributed by atoms with Crippen LogP contribution in [-0.4, -0.2) is 31.0 Å². The van der Waals surface area contributed by atoms with Crippen molar-refractivity contribution in [1.29, 1.82) is 0 Å². The van der Waals surface area contributed by atoms with E-state index in [1.807, 2.05) is 0 Å². The van der Waals surface area contributed by atoms with Gasteiger partial charge in [0.05, 0.1) is 0 Å². The summed E-state index contributed by atoms with van der Waals surface area (Å²) in [6, 6.07) is 0. The maximum Gasteiger partial charge on any atom is 0.243 e. The zero-order chi connectivity index (χ0) is 13.8. The maximum atomic E-state index is 5.39. The molecular formula is C12H18N8. The van der Waals surface area contributed by atoms with Crippen LogP contribution in [0.2, 0.25) is 0 Å². The number of imidazole rings is 1. The molecule has 4 N–H and O–H groups in total. The van der Waals surface area contributed by atoms with E-state index in [1.54, 1.807) is 23.3 Å². The number of nitrogens with one attached hydrogen (secondary N) is 2. The van der Waals surface area contributed by atoms with Crippen LogP contribution >= 0.6 is 0 Å². The lowest BCUT2D eigenvalue weighted by Gasteiger charge is -2.25. The van der Waals surface area contributed by atoms with E-state index in [0.717, 1.165) is 18.9 Å². The predicted molar refractivity (Wildman–Crippen MR) is 75.2 cm³/mol. The number of nitrogen functional groups attached to an aromatic ring is 1. The summed E-state index contributed by atoms with van der Waals surface area (Å²) < 4.78 is 1.71. The van der Waals surface area contributed by atoms with E-state index in [2.05, 4.69) is 30.7 Å². The second-order valence-electron chi connectivity index (χ2n) is 4.91. The lowest BCUT2D eigenvalue weighted by atomic mass is 9.83. The van der Waals surface area contributed by atoms with Crippen LogP contribution in [-0.2, 0) is 0 Å². The molecule has 3 rings (SSSR count). The van der Waals surface area contributed by atoms with Crippen LogP contribution in [0.15, 0.2) is 18.7 Å². The van der Waals surface area contributed by atoms with Gasteiger partial charge >= 0.3 is 0 Å². The molecule has 2 aromatic rings. The Labute approximate surface area is 116 Å². The highest BCUT2D eigenvalue weighted by atomic mass is 15.4. The van der Waals surface area contributed by atoms with Gasteiger partial charge in [-0.3, -0.25) is 9.99 Å². The summed E-state index contributed by atoms with van der Waals surface area (Å²) in [5.74, 6) is 7.58. The fourth-order valence-electron chi connectivity index (χ4n) is 2.17. The zero-order valence-corrected chi connectivity index (χ0v) is 11.2. The molecule has 20 heavy (non-hydrogen) atoms. The molecule has 2 aromatic heterocycles. The van der Waals surface area contributed by atoms with E-state index in [4.69, 9.17) is 5.84 Å². The first-order valence-electron chi connectivity index (χ1n) is 6.80. The molecule has 0 spiro atoms. The molecule has 0 aliphatic heterocycles. The number of anilines is 2. The number of hydrogen-bond donors (Lipinski definition) is 3. The summed E-state index contributed by atoms with van der Waals surface area (Å²) in [5, 5.41) is 3.23. The highest BCUT2D eigenvalue weighted by molar-refractivity contribution is 5.37. The summed E-state index contributed by atoms with van der Waals surface area (Å²) in [6.45, 7) is 0.863. The average Bonchev–Trinajstić information content (AvgIpc) is 2.95. The number of nitrogens with two attached hydrogens (primary N) is 1. The summed E-state index contributed by atoms with van der Waals surface area (Å²) in [7, 11) is 0. The van der Waals surface area contributed by atoms with Crippen LogP contribution < -0.4 is 16.6 Å². The lowest BCUT2D eigenvalue weighted by molar-refractivity contribution is 0.303. The third-order valence-corrected chi connectivity index (χ3v) is 3.55. The first-order chi connectivity index (χ1) is 9.85. The molecule has 0 radical (unpaired) electrons. The van der Waals surface area contributed by atoms with E-state index >= 15 is 0 Å².